The van der Waals surface area contributed by atoms with E-state index in [1.54, 1.807) is 43.4 Å². The second-order valence-electron chi connectivity index (χ2n) is 8.44. The second-order valence-corrected chi connectivity index (χ2v) is 9.61. The number of aliphatic imine (C=N–C) groups is 1. The van der Waals surface area contributed by atoms with Gasteiger partial charge in [0.05, 0.1) is 6.54 Å². The van der Waals surface area contributed by atoms with E-state index in [4.69, 9.17) is 0 Å². The molecule has 1 fully saturated rings. The van der Waals surface area contributed by atoms with Gasteiger partial charge in [-0.3, -0.25) is 19.2 Å². The van der Waals surface area contributed by atoms with E-state index in [1.807, 2.05) is 18.2 Å². The summed E-state index contributed by atoms with van der Waals surface area (Å²) in [5, 5.41) is 5.72. The highest BCUT2D eigenvalue weighted by Crippen LogP contribution is 2.29. The van der Waals surface area contributed by atoms with Crippen LogP contribution in [0.2, 0.25) is 0 Å². The fraction of sp³-hybridized carbons (Fsp3) is 0.320. The van der Waals surface area contributed by atoms with Crippen molar-refractivity contribution in [3.05, 3.63) is 60.2 Å². The molecule has 0 aromatic heterocycles. The van der Waals surface area contributed by atoms with Gasteiger partial charge in [-0.05, 0) is 49.2 Å². The summed E-state index contributed by atoms with van der Waals surface area (Å²) in [5.74, 6) is -1.17. The van der Waals surface area contributed by atoms with Crippen LogP contribution in [-0.4, -0.2) is 70.5 Å². The summed E-state index contributed by atoms with van der Waals surface area (Å²) in [5.41, 5.74) is 1.57. The number of amidine groups is 1. The lowest BCUT2D eigenvalue weighted by atomic mass is 10.1. The number of amides is 4. The van der Waals surface area contributed by atoms with Gasteiger partial charge in [0, 0.05) is 43.5 Å². The van der Waals surface area contributed by atoms with E-state index < -0.39 is 5.25 Å². The average Bonchev–Trinajstić information content (AvgIpc) is 3.50. The topological polar surface area (TPSA) is 111 Å². The average molecular weight is 494 g/mol. The van der Waals surface area contributed by atoms with Gasteiger partial charge in [-0.1, -0.05) is 30.0 Å². The third-order valence-corrected chi connectivity index (χ3v) is 6.89. The molecule has 1 atom stereocenters. The molecule has 9 nitrogen and oxygen atoms in total. The van der Waals surface area contributed by atoms with E-state index in [-0.39, 0.29) is 36.6 Å². The van der Waals surface area contributed by atoms with Crippen LogP contribution in [0.1, 0.15) is 29.6 Å². The van der Waals surface area contributed by atoms with Crippen molar-refractivity contribution in [3.63, 3.8) is 0 Å². The molecule has 0 spiro atoms. The van der Waals surface area contributed by atoms with Crippen molar-refractivity contribution in [2.75, 3.05) is 37.3 Å². The lowest BCUT2D eigenvalue weighted by molar-refractivity contribution is -0.121. The van der Waals surface area contributed by atoms with Crippen molar-refractivity contribution in [1.29, 1.82) is 0 Å². The molecular formula is C25H27N5O4S. The van der Waals surface area contributed by atoms with Crippen LogP contribution >= 0.6 is 11.8 Å². The number of para-hydroxylation sites is 1. The van der Waals surface area contributed by atoms with Crippen LogP contribution in [0.25, 0.3) is 0 Å². The summed E-state index contributed by atoms with van der Waals surface area (Å²) in [4.78, 5) is 57.1. The molecule has 2 aromatic rings. The second kappa shape index (κ2) is 11.2. The molecule has 2 aromatic carbocycles. The number of nitrogens with zero attached hydrogens (tertiary/aromatic N) is 3. The van der Waals surface area contributed by atoms with Gasteiger partial charge in [0.15, 0.2) is 5.17 Å². The van der Waals surface area contributed by atoms with Crippen molar-refractivity contribution in [2.45, 2.75) is 24.5 Å². The first-order valence-electron chi connectivity index (χ1n) is 11.4. The molecule has 2 aliphatic heterocycles. The number of carbonyl (C=O) groups is 4. The zero-order chi connectivity index (χ0) is 24.8. The first kappa shape index (κ1) is 24.5. The Kier molecular flexibility index (Phi) is 7.81. The Morgan fingerprint density at radius 2 is 1.60 bits per heavy atom. The maximum Gasteiger partial charge on any atom is 0.262 e. The summed E-state index contributed by atoms with van der Waals surface area (Å²) in [6.07, 6.45) is 2.21. The molecule has 2 heterocycles. The molecule has 182 valence electrons. The summed E-state index contributed by atoms with van der Waals surface area (Å²) in [6.45, 7) is 1.70. The van der Waals surface area contributed by atoms with Crippen LogP contribution in [0.15, 0.2) is 59.6 Å². The molecule has 2 aliphatic rings. The maximum atomic E-state index is 12.7. The number of hydrogen-bond acceptors (Lipinski definition) is 6. The molecule has 1 saturated heterocycles. The van der Waals surface area contributed by atoms with E-state index in [1.165, 1.54) is 16.7 Å². The minimum Gasteiger partial charge on any atom is -0.351 e. The van der Waals surface area contributed by atoms with Gasteiger partial charge in [-0.2, -0.15) is 4.99 Å². The molecule has 0 aliphatic carbocycles. The van der Waals surface area contributed by atoms with Crippen molar-refractivity contribution in [3.8, 4) is 0 Å². The summed E-state index contributed by atoms with van der Waals surface area (Å²) < 4.78 is 0. The molecular weight excluding hydrogens is 466 g/mol. The van der Waals surface area contributed by atoms with E-state index >= 15 is 0 Å². The highest BCUT2D eigenvalue weighted by atomic mass is 32.2. The summed E-state index contributed by atoms with van der Waals surface area (Å²) in [6, 6.07) is 15.5. The molecule has 4 rings (SSSR count). The number of hydrogen-bond donors (Lipinski definition) is 2. The Labute approximate surface area is 208 Å². The van der Waals surface area contributed by atoms with Crippen molar-refractivity contribution < 1.29 is 19.2 Å². The quantitative estimate of drug-likeness (QED) is 0.614. The van der Waals surface area contributed by atoms with Gasteiger partial charge in [-0.15, -0.1) is 0 Å². The molecule has 4 amide bonds. The third kappa shape index (κ3) is 6.48. The van der Waals surface area contributed by atoms with E-state index in [2.05, 4.69) is 20.5 Å². The number of likely N-dealkylation sites (N-methyl/N-ethyl adjacent to an activating group) is 1. The van der Waals surface area contributed by atoms with Gasteiger partial charge in [0.25, 0.3) is 11.8 Å². The standard InChI is InChI=1S/C25H27N5O4S/c1-29(16-22(32)27-18-7-3-2-4-8-18)24(34)17-9-11-19(12-10-17)26-21(31)15-20-23(33)28-25(35-20)30-13-5-6-14-30/h2-4,7-12,20H,5-6,13-16H2,1H3,(H,26,31)(H,27,32). The van der Waals surface area contributed by atoms with Crippen molar-refractivity contribution >= 4 is 51.9 Å². The van der Waals surface area contributed by atoms with Gasteiger partial charge in [-0.25, -0.2) is 0 Å². The number of anilines is 2. The van der Waals surface area contributed by atoms with E-state index in [0.717, 1.165) is 31.1 Å². The Morgan fingerprint density at radius 3 is 2.29 bits per heavy atom. The fourth-order valence-corrected chi connectivity index (χ4v) is 4.98. The Morgan fingerprint density at radius 1 is 0.971 bits per heavy atom. The van der Waals surface area contributed by atoms with Gasteiger partial charge < -0.3 is 20.4 Å². The zero-order valence-electron chi connectivity index (χ0n) is 19.4. The van der Waals surface area contributed by atoms with Crippen LogP contribution in [0.5, 0.6) is 0 Å². The number of thioether (sulfide) groups is 1. The highest BCUT2D eigenvalue weighted by Gasteiger charge is 2.33. The normalized spacial score (nSPS) is 17.2. The largest absolute Gasteiger partial charge is 0.351 e. The lowest BCUT2D eigenvalue weighted by Crippen LogP contribution is -2.34. The maximum absolute atomic E-state index is 12.7. The lowest BCUT2D eigenvalue weighted by Gasteiger charge is -2.17. The third-order valence-electron chi connectivity index (χ3n) is 5.68. The predicted molar refractivity (Wildman–Crippen MR) is 136 cm³/mol. The SMILES string of the molecule is CN(CC(=O)Nc1ccccc1)C(=O)c1ccc(NC(=O)CC2SC(N3CCCC3)=NC2=O)cc1. The van der Waals surface area contributed by atoms with Crippen LogP contribution in [0.4, 0.5) is 11.4 Å². The van der Waals surface area contributed by atoms with Gasteiger partial charge >= 0.3 is 0 Å². The molecule has 0 saturated carbocycles. The van der Waals surface area contributed by atoms with Gasteiger partial charge in [0.1, 0.15) is 5.25 Å². The molecule has 0 radical (unpaired) electrons. The smallest absolute Gasteiger partial charge is 0.262 e. The van der Waals surface area contributed by atoms with Crippen molar-refractivity contribution in [2.24, 2.45) is 4.99 Å². The van der Waals surface area contributed by atoms with Crippen molar-refractivity contribution in [1.82, 2.24) is 9.80 Å². The van der Waals surface area contributed by atoms with E-state index in [0.29, 0.717) is 16.9 Å². The Balaban J connectivity index is 1.25. The number of benzene rings is 2. The van der Waals surface area contributed by atoms with E-state index in [9.17, 15) is 19.2 Å². The molecule has 10 heteroatoms. The van der Waals surface area contributed by atoms with Crippen LogP contribution in [0, 0.1) is 0 Å². The highest BCUT2D eigenvalue weighted by molar-refractivity contribution is 8.15. The minimum atomic E-state index is -0.512. The van der Waals surface area contributed by atoms with Gasteiger partial charge in [0.2, 0.25) is 11.8 Å². The molecule has 0 bridgehead atoms. The molecule has 1 unspecified atom stereocenters. The number of carbonyl (C=O) groups excluding carboxylic acids is 4. The first-order valence-corrected chi connectivity index (χ1v) is 12.3. The van der Waals surface area contributed by atoms with Crippen LogP contribution in [0.3, 0.4) is 0 Å². The zero-order valence-corrected chi connectivity index (χ0v) is 20.2. The minimum absolute atomic E-state index is 0.0320. The summed E-state index contributed by atoms with van der Waals surface area (Å²) >= 11 is 1.35. The monoisotopic (exact) mass is 493 g/mol. The molecule has 35 heavy (non-hydrogen) atoms. The number of likely N-dealkylation sites (tertiary alicyclic amines) is 1. The van der Waals surface area contributed by atoms with Crippen LogP contribution in [-0.2, 0) is 14.4 Å². The van der Waals surface area contributed by atoms with Crippen LogP contribution < -0.4 is 10.6 Å². The Hall–Kier alpha value is -3.66. The molecule has 2 N–H and O–H groups in total. The predicted octanol–water partition coefficient (Wildman–Crippen LogP) is 2.82. The number of nitrogens with one attached hydrogen (secondary N) is 2. The fourth-order valence-electron chi connectivity index (χ4n) is 3.86. The first-order chi connectivity index (χ1) is 16.9. The Bertz CT molecular complexity index is 1130. The summed E-state index contributed by atoms with van der Waals surface area (Å²) in [7, 11) is 1.55. The number of rotatable bonds is 7.